The van der Waals surface area contributed by atoms with E-state index in [0.29, 0.717) is 12.0 Å². The first-order chi connectivity index (χ1) is 10.9. The molecule has 0 unspecified atom stereocenters. The lowest BCUT2D eigenvalue weighted by Gasteiger charge is -2.18. The number of nitrogens with two attached hydrogens (primary N) is 1. The summed E-state index contributed by atoms with van der Waals surface area (Å²) in [6.45, 7) is 0. The van der Waals surface area contributed by atoms with E-state index in [-0.39, 0.29) is 24.4 Å². The van der Waals surface area contributed by atoms with Crippen LogP contribution in [0, 0.1) is 10.1 Å². The van der Waals surface area contributed by atoms with E-state index in [0.717, 1.165) is 0 Å². The van der Waals surface area contributed by atoms with Crippen LogP contribution >= 0.6 is 0 Å². The van der Waals surface area contributed by atoms with Crippen molar-refractivity contribution < 1.29 is 19.3 Å². The Kier molecular flexibility index (Phi) is 4.89. The number of nitrogens with zero attached hydrogens (tertiary/aromatic N) is 1. The van der Waals surface area contributed by atoms with Crippen LogP contribution in [0.1, 0.15) is 18.4 Å². The molecule has 0 aliphatic carbocycles. The summed E-state index contributed by atoms with van der Waals surface area (Å²) in [7, 11) is 0. The van der Waals surface area contributed by atoms with Gasteiger partial charge >= 0.3 is 0 Å². The van der Waals surface area contributed by atoms with Crippen LogP contribution in [0.5, 0.6) is 0 Å². The van der Waals surface area contributed by atoms with E-state index < -0.39 is 28.8 Å². The number of non-ortho nitro benzene ring substituents is 1. The highest BCUT2D eigenvalue weighted by molar-refractivity contribution is 5.93. The van der Waals surface area contributed by atoms with Crippen molar-refractivity contribution in [1.82, 2.24) is 10.6 Å². The summed E-state index contributed by atoms with van der Waals surface area (Å²) in [6, 6.07) is 4.00. The minimum Gasteiger partial charge on any atom is -0.368 e. The van der Waals surface area contributed by atoms with Crippen molar-refractivity contribution in [2.24, 2.45) is 5.73 Å². The van der Waals surface area contributed by atoms with E-state index >= 15 is 0 Å². The lowest BCUT2D eigenvalue weighted by Crippen LogP contribution is -2.51. The molecular formula is C14H16N4O5. The number of hydrogen-bond acceptors (Lipinski definition) is 5. The molecule has 23 heavy (non-hydrogen) atoms. The summed E-state index contributed by atoms with van der Waals surface area (Å²) in [5.41, 5.74) is 5.84. The Morgan fingerprint density at radius 2 is 2.04 bits per heavy atom. The van der Waals surface area contributed by atoms with Crippen LogP contribution in [0.4, 0.5) is 5.69 Å². The Balaban J connectivity index is 2.01. The molecule has 1 saturated heterocycles. The molecule has 9 nitrogen and oxygen atoms in total. The van der Waals surface area contributed by atoms with Crippen molar-refractivity contribution in [2.75, 3.05) is 0 Å². The lowest BCUT2D eigenvalue weighted by atomic mass is 10.0. The zero-order valence-corrected chi connectivity index (χ0v) is 12.2. The van der Waals surface area contributed by atoms with Crippen molar-refractivity contribution >= 4 is 23.4 Å². The summed E-state index contributed by atoms with van der Waals surface area (Å²) in [5, 5.41) is 15.6. The van der Waals surface area contributed by atoms with Gasteiger partial charge in [-0.2, -0.15) is 0 Å². The summed E-state index contributed by atoms with van der Waals surface area (Å²) < 4.78 is 0. The molecule has 122 valence electrons. The molecule has 2 atom stereocenters. The topological polar surface area (TPSA) is 144 Å². The Hall–Kier alpha value is -2.97. The van der Waals surface area contributed by atoms with Crippen molar-refractivity contribution in [3.63, 3.8) is 0 Å². The maximum atomic E-state index is 12.0. The highest BCUT2D eigenvalue weighted by Gasteiger charge is 2.29. The predicted molar refractivity (Wildman–Crippen MR) is 79.1 cm³/mol. The lowest BCUT2D eigenvalue weighted by molar-refractivity contribution is -0.384. The van der Waals surface area contributed by atoms with Crippen LogP contribution in [0.25, 0.3) is 0 Å². The third-order valence-corrected chi connectivity index (χ3v) is 3.56. The number of nitro benzene ring substituents is 1. The fourth-order valence-electron chi connectivity index (χ4n) is 2.30. The molecule has 4 N–H and O–H groups in total. The average molecular weight is 320 g/mol. The molecule has 0 saturated carbocycles. The summed E-state index contributed by atoms with van der Waals surface area (Å²) in [6.07, 6.45) is 0.745. The molecule has 1 aliphatic heterocycles. The van der Waals surface area contributed by atoms with Crippen LogP contribution in [-0.4, -0.2) is 34.7 Å². The van der Waals surface area contributed by atoms with Gasteiger partial charge in [-0.15, -0.1) is 0 Å². The van der Waals surface area contributed by atoms with Gasteiger partial charge in [-0.1, -0.05) is 12.1 Å². The van der Waals surface area contributed by atoms with Crippen molar-refractivity contribution in [3.8, 4) is 0 Å². The number of amides is 3. The highest BCUT2D eigenvalue weighted by Crippen LogP contribution is 2.13. The van der Waals surface area contributed by atoms with E-state index in [9.17, 15) is 24.5 Å². The smallest absolute Gasteiger partial charge is 0.269 e. The second-order valence-electron chi connectivity index (χ2n) is 5.25. The summed E-state index contributed by atoms with van der Waals surface area (Å²) in [5.74, 6) is -1.40. The number of benzene rings is 1. The number of carbonyl (C=O) groups is 3. The molecule has 1 heterocycles. The monoisotopic (exact) mass is 320 g/mol. The Bertz CT molecular complexity index is 643. The van der Waals surface area contributed by atoms with E-state index in [4.69, 9.17) is 5.73 Å². The molecule has 0 spiro atoms. The first kappa shape index (κ1) is 16.4. The molecule has 0 bridgehead atoms. The van der Waals surface area contributed by atoms with Crippen LogP contribution < -0.4 is 16.4 Å². The van der Waals surface area contributed by atoms with Gasteiger partial charge in [0.15, 0.2) is 0 Å². The van der Waals surface area contributed by atoms with E-state index in [1.165, 1.54) is 24.3 Å². The van der Waals surface area contributed by atoms with E-state index in [1.54, 1.807) is 0 Å². The van der Waals surface area contributed by atoms with Gasteiger partial charge in [0.2, 0.25) is 17.7 Å². The fraction of sp³-hybridized carbons (Fsp3) is 0.357. The minimum absolute atomic E-state index is 0.0675. The Morgan fingerprint density at radius 1 is 1.39 bits per heavy atom. The molecule has 9 heteroatoms. The standard InChI is InChI=1S/C14H16N4O5/c15-13(20)11(17-14(21)10-5-6-12(19)16-10)7-8-1-3-9(4-2-8)18(22)23/h1-4,10-11H,5-7H2,(H2,15,20)(H,16,19)(H,17,21)/t10-,11-/m1/s1. The summed E-state index contributed by atoms with van der Waals surface area (Å²) >= 11 is 0. The number of nitrogens with one attached hydrogen (secondary N) is 2. The second-order valence-corrected chi connectivity index (χ2v) is 5.25. The molecule has 3 amide bonds. The first-order valence-electron chi connectivity index (χ1n) is 6.99. The normalized spacial score (nSPS) is 18.1. The molecule has 0 radical (unpaired) electrons. The third-order valence-electron chi connectivity index (χ3n) is 3.56. The highest BCUT2D eigenvalue weighted by atomic mass is 16.6. The largest absolute Gasteiger partial charge is 0.368 e. The Morgan fingerprint density at radius 3 is 2.52 bits per heavy atom. The number of rotatable bonds is 6. The predicted octanol–water partition coefficient (Wildman–Crippen LogP) is -0.614. The van der Waals surface area contributed by atoms with Gasteiger partial charge in [-0.05, 0) is 12.0 Å². The molecular weight excluding hydrogens is 304 g/mol. The van der Waals surface area contributed by atoms with Gasteiger partial charge in [-0.3, -0.25) is 24.5 Å². The molecule has 0 aromatic heterocycles. The van der Waals surface area contributed by atoms with Crippen molar-refractivity contribution in [1.29, 1.82) is 0 Å². The zero-order chi connectivity index (χ0) is 17.0. The van der Waals surface area contributed by atoms with Crippen LogP contribution in [0.3, 0.4) is 0 Å². The minimum atomic E-state index is -0.957. The first-order valence-corrected chi connectivity index (χ1v) is 6.99. The number of hydrogen-bond donors (Lipinski definition) is 3. The maximum Gasteiger partial charge on any atom is 0.269 e. The molecule has 1 fully saturated rings. The quantitative estimate of drug-likeness (QED) is 0.473. The van der Waals surface area contributed by atoms with Gasteiger partial charge in [0.25, 0.3) is 5.69 Å². The van der Waals surface area contributed by atoms with Crippen molar-refractivity contribution in [2.45, 2.75) is 31.3 Å². The number of carbonyl (C=O) groups excluding carboxylic acids is 3. The third kappa shape index (κ3) is 4.25. The van der Waals surface area contributed by atoms with Crippen molar-refractivity contribution in [3.05, 3.63) is 39.9 Å². The van der Waals surface area contributed by atoms with Gasteiger partial charge in [-0.25, -0.2) is 0 Å². The van der Waals surface area contributed by atoms with Crippen LogP contribution in [-0.2, 0) is 20.8 Å². The van der Waals surface area contributed by atoms with E-state index in [2.05, 4.69) is 10.6 Å². The summed E-state index contributed by atoms with van der Waals surface area (Å²) in [4.78, 5) is 44.7. The molecule has 1 aromatic carbocycles. The number of primary amides is 1. The van der Waals surface area contributed by atoms with Gasteiger partial charge in [0, 0.05) is 25.0 Å². The Labute approximate surface area is 131 Å². The fourth-order valence-corrected chi connectivity index (χ4v) is 2.30. The molecule has 2 rings (SSSR count). The SMILES string of the molecule is NC(=O)[C@@H](Cc1ccc([N+](=O)[O-])cc1)NC(=O)[C@H]1CCC(=O)N1. The average Bonchev–Trinajstić information content (AvgIpc) is 2.93. The second kappa shape index (κ2) is 6.86. The van der Waals surface area contributed by atoms with E-state index in [1.807, 2.05) is 0 Å². The van der Waals surface area contributed by atoms with Crippen LogP contribution in [0.15, 0.2) is 24.3 Å². The van der Waals surface area contributed by atoms with Gasteiger partial charge < -0.3 is 16.4 Å². The number of nitro groups is 1. The molecule has 1 aliphatic rings. The molecule has 1 aromatic rings. The van der Waals surface area contributed by atoms with Gasteiger partial charge in [0.1, 0.15) is 12.1 Å². The maximum absolute atomic E-state index is 12.0. The zero-order valence-electron chi connectivity index (χ0n) is 12.2. The van der Waals surface area contributed by atoms with Gasteiger partial charge in [0.05, 0.1) is 4.92 Å². The van der Waals surface area contributed by atoms with Crippen LogP contribution in [0.2, 0.25) is 0 Å².